The molecule has 0 spiro atoms. The first-order valence-corrected chi connectivity index (χ1v) is 4.39. The molecule has 0 radical (unpaired) electrons. The lowest BCUT2D eigenvalue weighted by Crippen LogP contribution is -2.21. The van der Waals surface area contributed by atoms with E-state index in [2.05, 4.69) is 14.6 Å². The molecule has 86 valence electrons. The number of oxime groups is 1. The molecule has 6 heteroatoms. The maximum Gasteiger partial charge on any atom is 0.356 e. The zero-order valence-electron chi connectivity index (χ0n) is 9.27. The zero-order chi connectivity index (χ0) is 11.8. The number of hydrogen-bond donors (Lipinski definition) is 0. The lowest BCUT2D eigenvalue weighted by molar-refractivity contribution is -0.141. The summed E-state index contributed by atoms with van der Waals surface area (Å²) in [6, 6.07) is 0. The first kappa shape index (κ1) is 13.4. The fourth-order valence-electron chi connectivity index (χ4n) is 0.637. The maximum absolute atomic E-state index is 11.1. The van der Waals surface area contributed by atoms with E-state index in [1.165, 1.54) is 14.2 Å². The zero-order valence-corrected chi connectivity index (χ0v) is 9.27. The van der Waals surface area contributed by atoms with E-state index in [0.717, 1.165) is 0 Å². The molecule has 0 aromatic heterocycles. The molecule has 0 aromatic carbocycles. The summed E-state index contributed by atoms with van der Waals surface area (Å²) >= 11 is 0. The second-order valence-electron chi connectivity index (χ2n) is 2.94. The largest absolute Gasteiger partial charge is 0.469 e. The molecule has 0 aliphatic carbocycles. The monoisotopic (exact) mass is 217 g/mol. The molecule has 0 rings (SSSR count). The Morgan fingerprint density at radius 3 is 2.20 bits per heavy atom. The summed E-state index contributed by atoms with van der Waals surface area (Å²) in [6.45, 7) is 3.49. The first-order valence-electron chi connectivity index (χ1n) is 4.39. The van der Waals surface area contributed by atoms with Crippen molar-refractivity contribution in [1.29, 1.82) is 0 Å². The van der Waals surface area contributed by atoms with E-state index >= 15 is 0 Å². The van der Waals surface area contributed by atoms with Crippen LogP contribution >= 0.6 is 0 Å². The summed E-state index contributed by atoms with van der Waals surface area (Å²) < 4.78 is 8.83. The molecule has 0 saturated carbocycles. The summed E-state index contributed by atoms with van der Waals surface area (Å²) in [6.07, 6.45) is -0.446. The van der Waals surface area contributed by atoms with Crippen molar-refractivity contribution in [2.24, 2.45) is 5.16 Å². The Hall–Kier alpha value is -1.59. The van der Waals surface area contributed by atoms with Gasteiger partial charge in [-0.3, -0.25) is 4.79 Å². The topological polar surface area (TPSA) is 74.2 Å². The van der Waals surface area contributed by atoms with E-state index in [1.807, 2.05) is 0 Å². The fourth-order valence-corrected chi connectivity index (χ4v) is 0.637. The molecule has 0 aliphatic rings. The van der Waals surface area contributed by atoms with Crippen LogP contribution in [0.25, 0.3) is 0 Å². The number of hydrogen-bond acceptors (Lipinski definition) is 6. The third kappa shape index (κ3) is 5.66. The second-order valence-corrected chi connectivity index (χ2v) is 2.94. The lowest BCUT2D eigenvalue weighted by Gasteiger charge is -2.05. The first-order chi connectivity index (χ1) is 7.01. The highest BCUT2D eigenvalue weighted by atomic mass is 16.6. The van der Waals surface area contributed by atoms with Gasteiger partial charge in [0, 0.05) is 0 Å². The Labute approximate surface area is 88.2 Å². The van der Waals surface area contributed by atoms with Gasteiger partial charge in [0.2, 0.25) is 0 Å². The molecule has 0 heterocycles. The maximum atomic E-state index is 11.1. The fraction of sp³-hybridized carbons (Fsp3) is 0.667. The molecule has 0 fully saturated rings. The summed E-state index contributed by atoms with van der Waals surface area (Å²) in [7, 11) is 2.42. The third-order valence-electron chi connectivity index (χ3n) is 1.33. The van der Waals surface area contributed by atoms with Gasteiger partial charge in [0.15, 0.2) is 5.71 Å². The standard InChI is InChI=1S/C9H15NO5/c1-6(2)15-10-7(9(12)14-4)5-8(11)13-3/h6H,5H2,1-4H3/b10-7+. The number of ether oxygens (including phenoxy) is 2. The van der Waals surface area contributed by atoms with E-state index in [0.29, 0.717) is 0 Å². The van der Waals surface area contributed by atoms with Crippen molar-refractivity contribution < 1.29 is 23.9 Å². The molecule has 0 atom stereocenters. The molecular formula is C9H15NO5. The van der Waals surface area contributed by atoms with Gasteiger partial charge in [-0.05, 0) is 13.8 Å². The number of methoxy groups -OCH3 is 2. The van der Waals surface area contributed by atoms with E-state index < -0.39 is 11.9 Å². The number of rotatable bonds is 5. The van der Waals surface area contributed by atoms with Crippen molar-refractivity contribution >= 4 is 17.7 Å². The highest BCUT2D eigenvalue weighted by molar-refractivity contribution is 6.39. The van der Waals surface area contributed by atoms with Gasteiger partial charge >= 0.3 is 11.9 Å². The molecule has 0 saturated heterocycles. The summed E-state index contributed by atoms with van der Waals surface area (Å²) in [5.74, 6) is -1.28. The van der Waals surface area contributed by atoms with Gasteiger partial charge in [0.05, 0.1) is 20.6 Å². The van der Waals surface area contributed by atoms with Crippen LogP contribution in [0.3, 0.4) is 0 Å². The minimum Gasteiger partial charge on any atom is -0.469 e. The predicted molar refractivity (Wildman–Crippen MR) is 52.3 cm³/mol. The van der Waals surface area contributed by atoms with E-state index in [4.69, 9.17) is 4.84 Å². The third-order valence-corrected chi connectivity index (χ3v) is 1.33. The van der Waals surface area contributed by atoms with Gasteiger partial charge in [-0.2, -0.15) is 0 Å². The van der Waals surface area contributed by atoms with Crippen LogP contribution in [0.15, 0.2) is 5.16 Å². The van der Waals surface area contributed by atoms with Crippen molar-refractivity contribution in [2.45, 2.75) is 26.4 Å². The van der Waals surface area contributed by atoms with Crippen LogP contribution < -0.4 is 0 Å². The van der Waals surface area contributed by atoms with Crippen LogP contribution in [0.1, 0.15) is 20.3 Å². The number of esters is 2. The summed E-state index contributed by atoms with van der Waals surface area (Å²) in [5.41, 5.74) is -0.113. The van der Waals surface area contributed by atoms with Crippen LogP contribution in [-0.2, 0) is 23.9 Å². The minimum absolute atomic E-state index is 0.113. The molecule has 0 unspecified atom stereocenters. The Kier molecular flexibility index (Phi) is 6.08. The highest BCUT2D eigenvalue weighted by Gasteiger charge is 2.18. The van der Waals surface area contributed by atoms with Gasteiger partial charge in [-0.15, -0.1) is 0 Å². The molecular weight excluding hydrogens is 202 g/mol. The Morgan fingerprint density at radius 2 is 1.80 bits per heavy atom. The van der Waals surface area contributed by atoms with E-state index in [9.17, 15) is 9.59 Å². The van der Waals surface area contributed by atoms with Gasteiger partial charge in [0.25, 0.3) is 0 Å². The number of carbonyl (C=O) groups is 2. The molecule has 0 amide bonds. The van der Waals surface area contributed by atoms with Crippen molar-refractivity contribution in [1.82, 2.24) is 0 Å². The van der Waals surface area contributed by atoms with Crippen molar-refractivity contribution in [2.75, 3.05) is 14.2 Å². The summed E-state index contributed by atoms with van der Waals surface area (Å²) in [4.78, 5) is 26.9. The lowest BCUT2D eigenvalue weighted by atomic mass is 10.3. The van der Waals surface area contributed by atoms with Crippen LogP contribution in [0.4, 0.5) is 0 Å². The summed E-state index contributed by atoms with van der Waals surface area (Å²) in [5, 5.41) is 3.52. The normalized spacial score (nSPS) is 11.1. The predicted octanol–water partition coefficient (Wildman–Crippen LogP) is 0.503. The number of nitrogens with zero attached hydrogens (tertiary/aromatic N) is 1. The molecule has 0 aliphatic heterocycles. The Balaban J connectivity index is 4.50. The Bertz CT molecular complexity index is 259. The van der Waals surface area contributed by atoms with Crippen LogP contribution in [0.5, 0.6) is 0 Å². The quantitative estimate of drug-likeness (QED) is 0.381. The average molecular weight is 217 g/mol. The molecule has 0 bridgehead atoms. The van der Waals surface area contributed by atoms with Gasteiger partial charge < -0.3 is 14.3 Å². The molecule has 15 heavy (non-hydrogen) atoms. The van der Waals surface area contributed by atoms with Gasteiger partial charge in [0.1, 0.15) is 6.10 Å². The molecule has 6 nitrogen and oxygen atoms in total. The number of carbonyl (C=O) groups excluding carboxylic acids is 2. The van der Waals surface area contributed by atoms with Crippen molar-refractivity contribution in [3.8, 4) is 0 Å². The van der Waals surface area contributed by atoms with Crippen molar-refractivity contribution in [3.63, 3.8) is 0 Å². The van der Waals surface area contributed by atoms with Gasteiger partial charge in [-0.25, -0.2) is 4.79 Å². The smallest absolute Gasteiger partial charge is 0.356 e. The second kappa shape index (κ2) is 6.80. The molecule has 0 aromatic rings. The molecule has 0 N–H and O–H groups in total. The Morgan fingerprint density at radius 1 is 1.20 bits per heavy atom. The van der Waals surface area contributed by atoms with Crippen LogP contribution in [0.2, 0.25) is 0 Å². The van der Waals surface area contributed by atoms with Crippen LogP contribution in [-0.4, -0.2) is 38.0 Å². The van der Waals surface area contributed by atoms with Gasteiger partial charge in [-0.1, -0.05) is 5.16 Å². The van der Waals surface area contributed by atoms with Crippen molar-refractivity contribution in [3.05, 3.63) is 0 Å². The van der Waals surface area contributed by atoms with Crippen LogP contribution in [0, 0.1) is 0 Å². The van der Waals surface area contributed by atoms with E-state index in [-0.39, 0.29) is 18.2 Å². The average Bonchev–Trinajstić information content (AvgIpc) is 2.22. The SMILES string of the molecule is COC(=O)C/C(=N\OC(C)C)C(=O)OC. The minimum atomic E-state index is -0.707. The van der Waals surface area contributed by atoms with E-state index in [1.54, 1.807) is 13.8 Å². The highest BCUT2D eigenvalue weighted by Crippen LogP contribution is 1.97.